The van der Waals surface area contributed by atoms with Crippen molar-refractivity contribution in [2.24, 2.45) is 11.7 Å². The Balaban J connectivity index is 2.46. The van der Waals surface area contributed by atoms with Gasteiger partial charge in [-0.3, -0.25) is 4.79 Å². The van der Waals surface area contributed by atoms with E-state index in [9.17, 15) is 18.0 Å². The molecule has 1 aliphatic rings. The van der Waals surface area contributed by atoms with Gasteiger partial charge in [-0.1, -0.05) is 30.3 Å². The molecule has 5 heteroatoms. The maximum atomic E-state index is 12.8. The lowest BCUT2D eigenvalue weighted by atomic mass is 9.56. The second-order valence-electron chi connectivity index (χ2n) is 4.33. The molecule has 0 saturated heterocycles. The number of carbonyl (C=O) groups is 1. The van der Waals surface area contributed by atoms with E-state index in [1.165, 1.54) is 12.1 Å². The first-order chi connectivity index (χ1) is 7.89. The third-order valence-corrected chi connectivity index (χ3v) is 3.55. The lowest BCUT2D eigenvalue weighted by Crippen LogP contribution is -2.59. The van der Waals surface area contributed by atoms with E-state index in [1.54, 1.807) is 18.2 Å². The molecule has 2 nitrogen and oxygen atoms in total. The van der Waals surface area contributed by atoms with Crippen LogP contribution in [0.3, 0.4) is 0 Å². The van der Waals surface area contributed by atoms with Crippen molar-refractivity contribution in [1.29, 1.82) is 0 Å². The summed E-state index contributed by atoms with van der Waals surface area (Å²) in [7, 11) is 0. The Morgan fingerprint density at radius 1 is 1.29 bits per heavy atom. The third kappa shape index (κ3) is 1.69. The predicted molar refractivity (Wildman–Crippen MR) is 56.1 cm³/mol. The number of rotatable bonds is 2. The van der Waals surface area contributed by atoms with Crippen LogP contribution in [0.1, 0.15) is 18.4 Å². The van der Waals surface area contributed by atoms with Crippen molar-refractivity contribution in [3.8, 4) is 0 Å². The Kier molecular flexibility index (Phi) is 2.64. The van der Waals surface area contributed by atoms with Crippen LogP contribution >= 0.6 is 0 Å². The molecule has 2 unspecified atom stereocenters. The summed E-state index contributed by atoms with van der Waals surface area (Å²) in [5.74, 6) is -2.55. The molecule has 1 amide bonds. The fourth-order valence-electron chi connectivity index (χ4n) is 2.54. The maximum Gasteiger partial charge on any atom is 0.393 e. The van der Waals surface area contributed by atoms with E-state index in [0.717, 1.165) is 0 Å². The molecule has 17 heavy (non-hydrogen) atoms. The lowest BCUT2D eigenvalue weighted by Gasteiger charge is -2.48. The molecule has 1 saturated carbocycles. The number of halogens is 3. The summed E-state index contributed by atoms with van der Waals surface area (Å²) in [6.45, 7) is 0. The van der Waals surface area contributed by atoms with Crippen LogP contribution in [0.15, 0.2) is 30.3 Å². The Labute approximate surface area is 96.6 Å². The molecule has 0 radical (unpaired) electrons. The van der Waals surface area contributed by atoms with E-state index in [4.69, 9.17) is 5.73 Å². The highest BCUT2D eigenvalue weighted by Crippen LogP contribution is 2.55. The summed E-state index contributed by atoms with van der Waals surface area (Å²) in [5, 5.41) is 0. The monoisotopic (exact) mass is 243 g/mol. The van der Waals surface area contributed by atoms with E-state index in [2.05, 4.69) is 0 Å². The van der Waals surface area contributed by atoms with Crippen molar-refractivity contribution < 1.29 is 18.0 Å². The van der Waals surface area contributed by atoms with E-state index < -0.39 is 23.4 Å². The first-order valence-corrected chi connectivity index (χ1v) is 5.31. The van der Waals surface area contributed by atoms with Gasteiger partial charge in [0.25, 0.3) is 0 Å². The summed E-state index contributed by atoms with van der Waals surface area (Å²) in [5.41, 5.74) is 4.01. The smallest absolute Gasteiger partial charge is 0.369 e. The predicted octanol–water partition coefficient (Wildman–Crippen LogP) is 2.38. The minimum absolute atomic E-state index is 0.0403. The number of alkyl halides is 3. The average Bonchev–Trinajstić information content (AvgIpc) is 2.14. The first-order valence-electron chi connectivity index (χ1n) is 5.31. The number of carbonyl (C=O) groups excluding carboxylic acids is 1. The molecule has 0 spiro atoms. The Morgan fingerprint density at radius 2 is 1.88 bits per heavy atom. The number of amides is 1. The van der Waals surface area contributed by atoms with Gasteiger partial charge in [0.1, 0.15) is 0 Å². The van der Waals surface area contributed by atoms with Crippen LogP contribution in [-0.2, 0) is 10.2 Å². The summed E-state index contributed by atoms with van der Waals surface area (Å²) in [6, 6.07) is 7.99. The average molecular weight is 243 g/mol. The highest BCUT2D eigenvalue weighted by Gasteiger charge is 2.63. The molecule has 1 aliphatic carbocycles. The molecule has 2 rings (SSSR count). The number of hydrogen-bond acceptors (Lipinski definition) is 1. The molecule has 0 heterocycles. The van der Waals surface area contributed by atoms with Crippen LogP contribution < -0.4 is 5.73 Å². The summed E-state index contributed by atoms with van der Waals surface area (Å²) < 4.78 is 38.5. The molecular weight excluding hydrogens is 231 g/mol. The molecular formula is C12H12F3NO. The minimum atomic E-state index is -4.39. The van der Waals surface area contributed by atoms with Gasteiger partial charge in [-0.2, -0.15) is 13.2 Å². The van der Waals surface area contributed by atoms with Crippen LogP contribution in [0.2, 0.25) is 0 Å². The number of primary amides is 1. The molecule has 0 aromatic heterocycles. The van der Waals surface area contributed by atoms with Crippen molar-refractivity contribution in [1.82, 2.24) is 0 Å². The molecule has 92 valence electrons. The normalized spacial score (nSPS) is 28.5. The van der Waals surface area contributed by atoms with Gasteiger partial charge in [-0.25, -0.2) is 0 Å². The highest BCUT2D eigenvalue weighted by atomic mass is 19.4. The van der Waals surface area contributed by atoms with Crippen LogP contribution in [0, 0.1) is 5.92 Å². The first kappa shape index (κ1) is 12.0. The standard InChI is InChI=1S/C12H12F3NO/c13-12(14,15)9-6-7-11(9,10(16)17)8-4-2-1-3-5-8/h1-5,9H,6-7H2,(H2,16,17). The Morgan fingerprint density at radius 3 is 2.24 bits per heavy atom. The Bertz CT molecular complexity index is 429. The molecule has 1 fully saturated rings. The van der Waals surface area contributed by atoms with E-state index >= 15 is 0 Å². The van der Waals surface area contributed by atoms with Crippen molar-refractivity contribution in [3.05, 3.63) is 35.9 Å². The van der Waals surface area contributed by atoms with Gasteiger partial charge < -0.3 is 5.73 Å². The van der Waals surface area contributed by atoms with Crippen molar-refractivity contribution >= 4 is 5.91 Å². The third-order valence-electron chi connectivity index (χ3n) is 3.55. The van der Waals surface area contributed by atoms with Crippen molar-refractivity contribution in [2.45, 2.75) is 24.4 Å². The highest BCUT2D eigenvalue weighted by molar-refractivity contribution is 5.88. The topological polar surface area (TPSA) is 43.1 Å². The molecule has 1 aromatic carbocycles. The molecule has 2 N–H and O–H groups in total. The largest absolute Gasteiger partial charge is 0.393 e. The fraction of sp³-hybridized carbons (Fsp3) is 0.417. The molecule has 0 bridgehead atoms. The van der Waals surface area contributed by atoms with Crippen LogP contribution in [0.25, 0.3) is 0 Å². The van der Waals surface area contributed by atoms with Gasteiger partial charge in [0, 0.05) is 0 Å². The zero-order valence-corrected chi connectivity index (χ0v) is 9.00. The number of hydrogen-bond donors (Lipinski definition) is 1. The van der Waals surface area contributed by atoms with Gasteiger partial charge in [-0.15, -0.1) is 0 Å². The number of nitrogens with two attached hydrogens (primary N) is 1. The van der Waals surface area contributed by atoms with Gasteiger partial charge in [0.05, 0.1) is 11.3 Å². The summed E-state index contributed by atoms with van der Waals surface area (Å²) >= 11 is 0. The van der Waals surface area contributed by atoms with Crippen LogP contribution in [0.4, 0.5) is 13.2 Å². The lowest BCUT2D eigenvalue weighted by molar-refractivity contribution is -0.220. The summed E-state index contributed by atoms with van der Waals surface area (Å²) in [6.07, 6.45) is -4.26. The minimum Gasteiger partial charge on any atom is -0.369 e. The number of benzene rings is 1. The second-order valence-corrected chi connectivity index (χ2v) is 4.33. The van der Waals surface area contributed by atoms with Gasteiger partial charge in [-0.05, 0) is 18.4 Å². The van der Waals surface area contributed by atoms with Crippen molar-refractivity contribution in [2.75, 3.05) is 0 Å². The quantitative estimate of drug-likeness (QED) is 0.851. The molecule has 1 aromatic rings. The maximum absolute atomic E-state index is 12.8. The van der Waals surface area contributed by atoms with Gasteiger partial charge >= 0.3 is 6.18 Å². The van der Waals surface area contributed by atoms with E-state index in [1.807, 2.05) is 0 Å². The zero-order valence-electron chi connectivity index (χ0n) is 9.00. The van der Waals surface area contributed by atoms with Gasteiger partial charge in [0.15, 0.2) is 0 Å². The van der Waals surface area contributed by atoms with Gasteiger partial charge in [0.2, 0.25) is 5.91 Å². The van der Waals surface area contributed by atoms with Crippen molar-refractivity contribution in [3.63, 3.8) is 0 Å². The molecule has 0 aliphatic heterocycles. The fourth-order valence-corrected chi connectivity index (χ4v) is 2.54. The van der Waals surface area contributed by atoms with E-state index in [0.29, 0.717) is 5.56 Å². The molecule has 2 atom stereocenters. The SMILES string of the molecule is NC(=O)C1(c2ccccc2)CCC1C(F)(F)F. The van der Waals surface area contributed by atoms with E-state index in [-0.39, 0.29) is 12.8 Å². The van der Waals surface area contributed by atoms with Crippen LogP contribution in [-0.4, -0.2) is 12.1 Å². The van der Waals surface area contributed by atoms with Crippen LogP contribution in [0.5, 0.6) is 0 Å². The summed E-state index contributed by atoms with van der Waals surface area (Å²) in [4.78, 5) is 11.5. The zero-order chi connectivity index (χ0) is 12.7. The second kappa shape index (κ2) is 3.75. The Hall–Kier alpha value is -1.52.